The number of aromatic hydroxyl groups is 2. The summed E-state index contributed by atoms with van der Waals surface area (Å²) in [5.41, 5.74) is 0.772. The molecule has 0 spiro atoms. The lowest BCUT2D eigenvalue weighted by atomic mass is 9.92. The Morgan fingerprint density at radius 2 is 1.50 bits per heavy atom. The molecule has 0 amide bonds. The summed E-state index contributed by atoms with van der Waals surface area (Å²) in [4.78, 5) is 26.3. The van der Waals surface area contributed by atoms with Crippen LogP contribution in [-0.4, -0.2) is 63.9 Å². The van der Waals surface area contributed by atoms with Crippen LogP contribution < -0.4 is 33.2 Å². The van der Waals surface area contributed by atoms with Crippen molar-refractivity contribution in [2.75, 3.05) is 13.7 Å². The summed E-state index contributed by atoms with van der Waals surface area (Å²) in [5.74, 6) is -1.72. The number of carbonyl (C=O) groups is 2. The highest BCUT2D eigenvalue weighted by atomic mass is 16.7. The second kappa shape index (κ2) is 11.5. The first-order valence-electron chi connectivity index (χ1n) is 14.9. The molecule has 7 rings (SSSR count). The highest BCUT2D eigenvalue weighted by molar-refractivity contribution is 6.05. The van der Waals surface area contributed by atoms with Gasteiger partial charge in [0.2, 0.25) is 11.6 Å². The molecule has 0 radical (unpaired) electrons. The molecule has 0 aromatic heterocycles. The first-order valence-corrected chi connectivity index (χ1v) is 14.9. The largest absolute Gasteiger partial charge is 0.507 e. The lowest BCUT2D eigenvalue weighted by Gasteiger charge is -2.35. The Hall–Kier alpha value is -5.66. The number of ketones is 1. The van der Waals surface area contributed by atoms with E-state index in [2.05, 4.69) is 0 Å². The summed E-state index contributed by atoms with van der Waals surface area (Å²) in [7, 11) is 1.41. The number of carbonyl (C=O) groups excluding carboxylic acids is 2. The van der Waals surface area contributed by atoms with Crippen molar-refractivity contribution < 1.29 is 63.2 Å². The quantitative estimate of drug-likeness (QED) is 0.170. The van der Waals surface area contributed by atoms with Crippen LogP contribution in [0.2, 0.25) is 0 Å². The molecule has 4 aromatic rings. The zero-order chi connectivity index (χ0) is 33.9. The minimum atomic E-state index is -1.71. The van der Waals surface area contributed by atoms with E-state index >= 15 is 0 Å². The smallest absolute Gasteiger partial charge is 0.343 e. The molecule has 0 saturated heterocycles. The minimum Gasteiger partial charge on any atom is -0.507 e. The van der Waals surface area contributed by atoms with E-state index in [9.17, 15) is 30.0 Å². The van der Waals surface area contributed by atoms with Gasteiger partial charge in [-0.15, -0.1) is 0 Å². The Labute approximate surface area is 273 Å². The highest BCUT2D eigenvalue weighted by Crippen LogP contribution is 2.46. The molecule has 3 aliphatic rings. The number of hydrogen-bond donors (Lipinski definition) is 4. The molecular formula is C35H30O13. The molecule has 4 N–H and O–H groups in total. The monoisotopic (exact) mass is 658 g/mol. The van der Waals surface area contributed by atoms with Gasteiger partial charge in [0, 0.05) is 31.5 Å². The lowest BCUT2D eigenvalue weighted by molar-refractivity contribution is -0.0431. The summed E-state index contributed by atoms with van der Waals surface area (Å²) < 4.78 is 40.3. The molecule has 4 atom stereocenters. The van der Waals surface area contributed by atoms with Gasteiger partial charge < -0.3 is 53.6 Å². The van der Waals surface area contributed by atoms with Crippen molar-refractivity contribution in [1.29, 1.82) is 0 Å². The number of fused-ring (bicyclic) bond motifs is 3. The number of benzene rings is 4. The van der Waals surface area contributed by atoms with Crippen LogP contribution in [-0.2, 0) is 0 Å². The van der Waals surface area contributed by atoms with Gasteiger partial charge in [-0.2, -0.15) is 0 Å². The maximum atomic E-state index is 13.3. The second-order valence-electron chi connectivity index (χ2n) is 11.8. The molecule has 248 valence electrons. The average molecular weight is 659 g/mol. The standard InChI is InChI=1S/C35H30O13/c1-35(2)47-23-9-6-18(12-26(23)48-35)34(41)43-19-13-21(38)29-27(14-19)46-33(31(40)30(29)39)17-5-8-22-25(11-17)45-32(28(15-36)44-22)16-4-7-20(37)24(10-16)42-3/h4-14,28,31-33,36-38,40H,15H2,1-3H3/t28?,31-,32?,33+/m0/s1. The maximum Gasteiger partial charge on any atom is 0.343 e. The number of Topliss-reactive ketones (excluding diaryl/α,β-unsaturated/α-hetero) is 1. The van der Waals surface area contributed by atoms with Gasteiger partial charge in [-0.25, -0.2) is 4.79 Å². The number of rotatable bonds is 6. The van der Waals surface area contributed by atoms with Crippen molar-refractivity contribution >= 4 is 11.8 Å². The van der Waals surface area contributed by atoms with Gasteiger partial charge in [-0.3, -0.25) is 4.79 Å². The first-order chi connectivity index (χ1) is 22.9. The van der Waals surface area contributed by atoms with Crippen molar-refractivity contribution in [3.05, 3.63) is 89.0 Å². The third-order valence-corrected chi connectivity index (χ3v) is 8.09. The number of esters is 1. The predicted molar refractivity (Wildman–Crippen MR) is 165 cm³/mol. The van der Waals surface area contributed by atoms with E-state index in [4.69, 9.17) is 33.2 Å². The van der Waals surface area contributed by atoms with Gasteiger partial charge in [0.25, 0.3) is 0 Å². The SMILES string of the molecule is COc1cc(C2Oc3cc([C@H]4Oc5cc(OC(=O)c6ccc7c(c6)OC(C)(C)O7)cc(O)c5C(=O)[C@@H]4O)ccc3OC2CO)ccc1O. The summed E-state index contributed by atoms with van der Waals surface area (Å²) in [6, 6.07) is 16.2. The van der Waals surface area contributed by atoms with Gasteiger partial charge in [-0.1, -0.05) is 12.1 Å². The molecule has 0 fully saturated rings. The molecule has 3 heterocycles. The minimum absolute atomic E-state index is 0.0735. The zero-order valence-electron chi connectivity index (χ0n) is 25.8. The summed E-state index contributed by atoms with van der Waals surface area (Å²) in [5, 5.41) is 41.8. The normalized spacial score (nSPS) is 21.6. The Bertz CT molecular complexity index is 1950. The van der Waals surface area contributed by atoms with Gasteiger partial charge in [0.1, 0.15) is 22.8 Å². The Kier molecular flexibility index (Phi) is 7.45. The number of hydrogen-bond acceptors (Lipinski definition) is 13. The number of ether oxygens (including phenoxy) is 7. The topological polar surface area (TPSA) is 180 Å². The van der Waals surface area contributed by atoms with Crippen molar-refractivity contribution in [3.8, 4) is 51.7 Å². The van der Waals surface area contributed by atoms with Gasteiger partial charge in [0.05, 0.1) is 19.3 Å². The Morgan fingerprint density at radius 3 is 2.27 bits per heavy atom. The summed E-state index contributed by atoms with van der Waals surface area (Å²) in [6.45, 7) is 3.08. The summed E-state index contributed by atoms with van der Waals surface area (Å²) >= 11 is 0. The molecule has 0 bridgehead atoms. The van der Waals surface area contributed by atoms with E-state index < -0.39 is 47.7 Å². The van der Waals surface area contributed by atoms with Crippen LogP contribution in [0.3, 0.4) is 0 Å². The predicted octanol–water partition coefficient (Wildman–Crippen LogP) is 4.38. The number of phenols is 2. The van der Waals surface area contributed by atoms with Gasteiger partial charge >= 0.3 is 5.97 Å². The summed E-state index contributed by atoms with van der Waals surface area (Å²) in [6.07, 6.45) is -4.56. The maximum absolute atomic E-state index is 13.3. The fourth-order valence-electron chi connectivity index (χ4n) is 5.84. The van der Waals surface area contributed by atoms with Gasteiger partial charge in [-0.05, 0) is 48.0 Å². The van der Waals surface area contributed by atoms with Crippen molar-refractivity contribution in [3.63, 3.8) is 0 Å². The molecule has 4 aromatic carbocycles. The molecular weight excluding hydrogens is 628 g/mol. The molecule has 3 aliphatic heterocycles. The number of phenolic OH excluding ortho intramolecular Hbond substituents is 2. The fourth-order valence-corrected chi connectivity index (χ4v) is 5.84. The van der Waals surface area contributed by atoms with Gasteiger partial charge in [0.15, 0.2) is 58.9 Å². The number of methoxy groups -OCH3 is 1. The van der Waals surface area contributed by atoms with E-state index in [0.29, 0.717) is 28.4 Å². The van der Waals surface area contributed by atoms with Crippen LogP contribution in [0.1, 0.15) is 57.9 Å². The molecule has 13 heteroatoms. The number of aliphatic hydroxyl groups excluding tert-OH is 2. The Morgan fingerprint density at radius 1 is 0.792 bits per heavy atom. The molecule has 13 nitrogen and oxygen atoms in total. The highest BCUT2D eigenvalue weighted by Gasteiger charge is 2.41. The fraction of sp³-hybridized carbons (Fsp3) is 0.257. The van der Waals surface area contributed by atoms with Crippen LogP contribution in [0, 0.1) is 0 Å². The van der Waals surface area contributed by atoms with E-state index in [0.717, 1.165) is 6.07 Å². The molecule has 0 aliphatic carbocycles. The Balaban J connectivity index is 1.15. The average Bonchev–Trinajstić information content (AvgIpc) is 3.38. The second-order valence-corrected chi connectivity index (χ2v) is 11.8. The van der Waals surface area contributed by atoms with E-state index in [1.165, 1.54) is 37.4 Å². The number of aliphatic hydroxyl groups is 2. The molecule has 48 heavy (non-hydrogen) atoms. The third kappa shape index (κ3) is 5.42. The van der Waals surface area contributed by atoms with E-state index in [1.807, 2.05) is 0 Å². The van der Waals surface area contributed by atoms with Crippen molar-refractivity contribution in [2.45, 2.75) is 44.1 Å². The van der Waals surface area contributed by atoms with Crippen LogP contribution in [0.15, 0.2) is 66.7 Å². The van der Waals surface area contributed by atoms with Crippen LogP contribution in [0.25, 0.3) is 0 Å². The first kappa shape index (κ1) is 31.0. The lowest BCUT2D eigenvalue weighted by Crippen LogP contribution is -2.37. The van der Waals surface area contributed by atoms with Crippen LogP contribution in [0.5, 0.6) is 51.7 Å². The third-order valence-electron chi connectivity index (χ3n) is 8.09. The van der Waals surface area contributed by atoms with E-state index in [-0.39, 0.29) is 46.5 Å². The zero-order valence-corrected chi connectivity index (χ0v) is 25.8. The van der Waals surface area contributed by atoms with Crippen LogP contribution >= 0.6 is 0 Å². The van der Waals surface area contributed by atoms with E-state index in [1.54, 1.807) is 44.2 Å². The van der Waals surface area contributed by atoms with Crippen LogP contribution in [0.4, 0.5) is 0 Å². The molecule has 0 saturated carbocycles. The molecule has 2 unspecified atom stereocenters. The van der Waals surface area contributed by atoms with Crippen molar-refractivity contribution in [1.82, 2.24) is 0 Å². The van der Waals surface area contributed by atoms with Crippen molar-refractivity contribution in [2.24, 2.45) is 0 Å².